The maximum Gasteiger partial charge on any atom is 0.410 e. The van der Waals surface area contributed by atoms with E-state index in [1.807, 2.05) is 45.0 Å². The number of nitrogen functional groups attached to an aromatic ring is 1. The Morgan fingerprint density at radius 3 is 2.28 bits per heavy atom. The molecule has 0 unspecified atom stereocenters. The maximum atomic E-state index is 12.1. The largest absolute Gasteiger partial charge is 0.444 e. The monoisotopic (exact) mass is 345 g/mol. The Labute approximate surface area is 146 Å². The predicted octanol–water partition coefficient (Wildman–Crippen LogP) is 2.38. The maximum absolute atomic E-state index is 12.1. The van der Waals surface area contributed by atoms with Crippen LogP contribution in [0.4, 0.5) is 16.3 Å². The Morgan fingerprint density at radius 1 is 1.12 bits per heavy atom. The molecule has 1 saturated heterocycles. The highest BCUT2D eigenvalue weighted by Gasteiger charge is 2.26. The minimum Gasteiger partial charge on any atom is -0.444 e. The third-order valence-corrected chi connectivity index (χ3v) is 3.95. The molecule has 2 N–H and O–H groups in total. The van der Waals surface area contributed by atoms with Crippen molar-refractivity contribution in [3.05, 3.63) is 24.3 Å². The van der Waals surface area contributed by atoms with Gasteiger partial charge < -0.3 is 20.3 Å². The molecule has 0 radical (unpaired) electrons. The first kappa shape index (κ1) is 17.1. The van der Waals surface area contributed by atoms with Crippen molar-refractivity contribution in [2.45, 2.75) is 26.4 Å². The SMILES string of the molecule is CC(C)(C)OC(=O)N1CCN(c2ccc(-c3nonc3N)cc2)CC1. The number of piperazine rings is 1. The Morgan fingerprint density at radius 2 is 1.76 bits per heavy atom. The van der Waals surface area contributed by atoms with Crippen molar-refractivity contribution in [2.75, 3.05) is 36.8 Å². The van der Waals surface area contributed by atoms with E-state index in [-0.39, 0.29) is 11.9 Å². The lowest BCUT2D eigenvalue weighted by atomic mass is 10.1. The van der Waals surface area contributed by atoms with Crippen molar-refractivity contribution >= 4 is 17.6 Å². The number of hydrogen-bond donors (Lipinski definition) is 1. The van der Waals surface area contributed by atoms with E-state index in [9.17, 15) is 4.79 Å². The lowest BCUT2D eigenvalue weighted by molar-refractivity contribution is 0.0240. The van der Waals surface area contributed by atoms with Gasteiger partial charge in [-0.2, -0.15) is 0 Å². The van der Waals surface area contributed by atoms with Gasteiger partial charge in [0.25, 0.3) is 0 Å². The number of carbonyl (C=O) groups excluding carboxylic acids is 1. The van der Waals surface area contributed by atoms with Gasteiger partial charge in [0.15, 0.2) is 11.5 Å². The summed E-state index contributed by atoms with van der Waals surface area (Å²) in [6, 6.07) is 7.89. The Hall–Kier alpha value is -2.77. The van der Waals surface area contributed by atoms with Crippen LogP contribution in [0.25, 0.3) is 11.3 Å². The molecule has 0 spiro atoms. The zero-order valence-electron chi connectivity index (χ0n) is 14.7. The van der Waals surface area contributed by atoms with Crippen molar-refractivity contribution in [2.24, 2.45) is 0 Å². The third-order valence-electron chi connectivity index (χ3n) is 3.95. The molecular weight excluding hydrogens is 322 g/mol. The molecule has 1 fully saturated rings. The molecule has 0 bridgehead atoms. The van der Waals surface area contributed by atoms with E-state index < -0.39 is 5.60 Å². The van der Waals surface area contributed by atoms with Gasteiger partial charge in [-0.3, -0.25) is 0 Å². The van der Waals surface area contributed by atoms with Crippen molar-refractivity contribution in [1.29, 1.82) is 0 Å². The quantitative estimate of drug-likeness (QED) is 0.892. The number of anilines is 2. The molecular formula is C17H23N5O3. The normalized spacial score (nSPS) is 15.3. The van der Waals surface area contributed by atoms with Crippen LogP contribution in [-0.2, 0) is 4.74 Å². The van der Waals surface area contributed by atoms with Crippen LogP contribution in [0.3, 0.4) is 0 Å². The minimum atomic E-state index is -0.470. The molecule has 8 nitrogen and oxygen atoms in total. The molecule has 8 heteroatoms. The highest BCUT2D eigenvalue weighted by atomic mass is 16.6. The van der Waals surface area contributed by atoms with Crippen LogP contribution in [0.1, 0.15) is 20.8 Å². The van der Waals surface area contributed by atoms with Crippen LogP contribution >= 0.6 is 0 Å². The smallest absolute Gasteiger partial charge is 0.410 e. The molecule has 1 amide bonds. The average molecular weight is 345 g/mol. The molecule has 1 aliphatic rings. The van der Waals surface area contributed by atoms with Gasteiger partial charge in [0.2, 0.25) is 0 Å². The molecule has 3 rings (SSSR count). The molecule has 0 atom stereocenters. The summed E-state index contributed by atoms with van der Waals surface area (Å²) >= 11 is 0. The van der Waals surface area contributed by atoms with Crippen LogP contribution in [-0.4, -0.2) is 53.1 Å². The third kappa shape index (κ3) is 4.01. The van der Waals surface area contributed by atoms with Crippen molar-refractivity contribution < 1.29 is 14.2 Å². The van der Waals surface area contributed by atoms with Gasteiger partial charge in [0, 0.05) is 37.4 Å². The summed E-state index contributed by atoms with van der Waals surface area (Å²) in [6.45, 7) is 8.41. The summed E-state index contributed by atoms with van der Waals surface area (Å²) in [4.78, 5) is 16.1. The number of rotatable bonds is 2. The van der Waals surface area contributed by atoms with Crippen LogP contribution in [0.2, 0.25) is 0 Å². The number of nitrogens with two attached hydrogens (primary N) is 1. The van der Waals surface area contributed by atoms with E-state index in [0.717, 1.165) is 24.3 Å². The van der Waals surface area contributed by atoms with Gasteiger partial charge in [0.05, 0.1) is 0 Å². The summed E-state index contributed by atoms with van der Waals surface area (Å²) in [5, 5.41) is 7.39. The number of benzene rings is 1. The highest BCUT2D eigenvalue weighted by molar-refractivity contribution is 5.71. The second-order valence-corrected chi connectivity index (χ2v) is 7.00. The second kappa shape index (κ2) is 6.62. The van der Waals surface area contributed by atoms with Gasteiger partial charge in [-0.15, -0.1) is 0 Å². The fourth-order valence-electron chi connectivity index (χ4n) is 2.70. The average Bonchev–Trinajstić information content (AvgIpc) is 3.00. The Balaban J connectivity index is 1.60. The number of amides is 1. The molecule has 1 aromatic carbocycles. The second-order valence-electron chi connectivity index (χ2n) is 7.00. The van der Waals surface area contributed by atoms with E-state index in [4.69, 9.17) is 10.5 Å². The molecule has 0 saturated carbocycles. The summed E-state index contributed by atoms with van der Waals surface area (Å²) in [5.74, 6) is 0.277. The lowest BCUT2D eigenvalue weighted by Crippen LogP contribution is -2.50. The zero-order valence-corrected chi connectivity index (χ0v) is 14.7. The van der Waals surface area contributed by atoms with Gasteiger partial charge in [-0.25, -0.2) is 9.42 Å². The molecule has 1 aliphatic heterocycles. The number of hydrogen-bond acceptors (Lipinski definition) is 7. The molecule has 25 heavy (non-hydrogen) atoms. The fourth-order valence-corrected chi connectivity index (χ4v) is 2.70. The lowest BCUT2D eigenvalue weighted by Gasteiger charge is -2.36. The number of carbonyl (C=O) groups is 1. The van der Waals surface area contributed by atoms with E-state index in [0.29, 0.717) is 18.8 Å². The van der Waals surface area contributed by atoms with Gasteiger partial charge in [-0.05, 0) is 43.2 Å². The molecule has 1 aromatic heterocycles. The number of ether oxygens (including phenoxy) is 1. The molecule has 0 aliphatic carbocycles. The molecule has 2 heterocycles. The van der Waals surface area contributed by atoms with E-state index in [1.165, 1.54) is 0 Å². The van der Waals surface area contributed by atoms with E-state index in [2.05, 4.69) is 19.8 Å². The van der Waals surface area contributed by atoms with E-state index >= 15 is 0 Å². The number of aromatic nitrogens is 2. The first-order valence-electron chi connectivity index (χ1n) is 8.25. The first-order valence-corrected chi connectivity index (χ1v) is 8.25. The predicted molar refractivity (Wildman–Crippen MR) is 94.2 cm³/mol. The van der Waals surface area contributed by atoms with Crippen molar-refractivity contribution in [1.82, 2.24) is 15.2 Å². The van der Waals surface area contributed by atoms with Gasteiger partial charge in [0.1, 0.15) is 5.60 Å². The Bertz CT molecular complexity index is 727. The topological polar surface area (TPSA) is 97.7 Å². The summed E-state index contributed by atoms with van der Waals surface area (Å²) in [5.41, 5.74) is 7.73. The van der Waals surface area contributed by atoms with E-state index in [1.54, 1.807) is 4.90 Å². The summed E-state index contributed by atoms with van der Waals surface area (Å²) in [7, 11) is 0. The number of nitrogens with zero attached hydrogens (tertiary/aromatic N) is 4. The van der Waals surface area contributed by atoms with Gasteiger partial charge >= 0.3 is 6.09 Å². The Kier molecular flexibility index (Phi) is 4.52. The molecule has 2 aromatic rings. The van der Waals surface area contributed by atoms with Crippen molar-refractivity contribution in [3.63, 3.8) is 0 Å². The van der Waals surface area contributed by atoms with Crippen LogP contribution in [0.15, 0.2) is 28.9 Å². The van der Waals surface area contributed by atoms with Crippen LogP contribution < -0.4 is 10.6 Å². The summed E-state index contributed by atoms with van der Waals surface area (Å²) < 4.78 is 10.1. The van der Waals surface area contributed by atoms with Crippen LogP contribution in [0, 0.1) is 0 Å². The standard InChI is InChI=1S/C17H23N5O3/c1-17(2,3)24-16(23)22-10-8-21(9-11-22)13-6-4-12(5-7-13)14-15(18)20-25-19-14/h4-7H,8-11H2,1-3H3,(H2,18,20). The highest BCUT2D eigenvalue weighted by Crippen LogP contribution is 2.25. The van der Waals surface area contributed by atoms with Crippen molar-refractivity contribution in [3.8, 4) is 11.3 Å². The first-order chi connectivity index (χ1) is 11.8. The minimum absolute atomic E-state index is 0.253. The fraction of sp³-hybridized carbons (Fsp3) is 0.471. The van der Waals surface area contributed by atoms with Crippen LogP contribution in [0.5, 0.6) is 0 Å². The van der Waals surface area contributed by atoms with Gasteiger partial charge in [-0.1, -0.05) is 12.1 Å². The summed E-state index contributed by atoms with van der Waals surface area (Å²) in [6.07, 6.45) is -0.253. The molecule has 134 valence electrons. The zero-order chi connectivity index (χ0) is 18.0.